The van der Waals surface area contributed by atoms with Crippen LogP contribution in [0.25, 0.3) is 0 Å². The first-order valence-corrected chi connectivity index (χ1v) is 12.4. The van der Waals surface area contributed by atoms with Crippen molar-refractivity contribution in [3.8, 4) is 11.5 Å². The van der Waals surface area contributed by atoms with Gasteiger partial charge < -0.3 is 20.1 Å². The predicted molar refractivity (Wildman–Crippen MR) is 121 cm³/mol. The van der Waals surface area contributed by atoms with Crippen molar-refractivity contribution in [3.63, 3.8) is 0 Å². The Morgan fingerprint density at radius 1 is 0.939 bits per heavy atom. The van der Waals surface area contributed by atoms with Crippen molar-refractivity contribution >= 4 is 27.5 Å². The van der Waals surface area contributed by atoms with E-state index in [0.717, 1.165) is 12.8 Å². The van der Waals surface area contributed by atoms with Gasteiger partial charge in [-0.15, -0.1) is 0 Å². The summed E-state index contributed by atoms with van der Waals surface area (Å²) in [5, 5.41) is 5.43. The SMILES string of the molecule is O=C(CNC(=O)C1CCC(CNS(=O)(=O)c2ccccc2)CC1)Nc1ccc2c(c1)OCO2. The predicted octanol–water partition coefficient (Wildman–Crippen LogP) is 2.25. The van der Waals surface area contributed by atoms with Crippen LogP contribution in [0.1, 0.15) is 25.7 Å². The molecule has 0 saturated heterocycles. The van der Waals surface area contributed by atoms with E-state index in [2.05, 4.69) is 15.4 Å². The smallest absolute Gasteiger partial charge is 0.243 e. The number of sulfonamides is 1. The van der Waals surface area contributed by atoms with E-state index in [1.165, 1.54) is 0 Å². The third-order valence-electron chi connectivity index (χ3n) is 5.91. The minimum atomic E-state index is -3.53. The molecule has 1 aliphatic heterocycles. The zero-order chi connectivity index (χ0) is 23.3. The van der Waals surface area contributed by atoms with E-state index in [-0.39, 0.29) is 41.9 Å². The summed E-state index contributed by atoms with van der Waals surface area (Å²) in [6, 6.07) is 13.4. The topological polar surface area (TPSA) is 123 Å². The third-order valence-corrected chi connectivity index (χ3v) is 7.35. The van der Waals surface area contributed by atoms with E-state index >= 15 is 0 Å². The minimum absolute atomic E-state index is 0.121. The quantitative estimate of drug-likeness (QED) is 0.541. The second-order valence-corrected chi connectivity index (χ2v) is 9.98. The highest BCUT2D eigenvalue weighted by atomic mass is 32.2. The van der Waals surface area contributed by atoms with Gasteiger partial charge in [0.25, 0.3) is 0 Å². The molecule has 2 aliphatic rings. The second-order valence-electron chi connectivity index (χ2n) is 8.22. The van der Waals surface area contributed by atoms with E-state index in [9.17, 15) is 18.0 Å². The molecule has 2 aromatic carbocycles. The van der Waals surface area contributed by atoms with Crippen molar-refractivity contribution in [2.24, 2.45) is 11.8 Å². The minimum Gasteiger partial charge on any atom is -0.454 e. The van der Waals surface area contributed by atoms with Gasteiger partial charge >= 0.3 is 0 Å². The average Bonchev–Trinajstić information content (AvgIpc) is 3.30. The molecule has 0 atom stereocenters. The fourth-order valence-corrected chi connectivity index (χ4v) is 5.17. The van der Waals surface area contributed by atoms with Gasteiger partial charge in [-0.25, -0.2) is 13.1 Å². The number of ether oxygens (including phenoxy) is 2. The summed E-state index contributed by atoms with van der Waals surface area (Å²) in [6.45, 7) is 0.386. The van der Waals surface area contributed by atoms with Gasteiger partial charge in [0.1, 0.15) is 0 Å². The van der Waals surface area contributed by atoms with E-state index in [1.807, 2.05) is 0 Å². The molecule has 9 nitrogen and oxygen atoms in total. The average molecular weight is 474 g/mol. The van der Waals surface area contributed by atoms with E-state index in [1.54, 1.807) is 48.5 Å². The second kappa shape index (κ2) is 10.2. The van der Waals surface area contributed by atoms with Crippen molar-refractivity contribution in [2.45, 2.75) is 30.6 Å². The molecule has 0 unspecified atom stereocenters. The molecule has 2 aromatic rings. The lowest BCUT2D eigenvalue weighted by molar-refractivity contribution is -0.128. The number of carbonyl (C=O) groups is 2. The van der Waals surface area contributed by atoms with Crippen molar-refractivity contribution < 1.29 is 27.5 Å². The van der Waals surface area contributed by atoms with Gasteiger partial charge in [-0.3, -0.25) is 9.59 Å². The third kappa shape index (κ3) is 6.02. The Morgan fingerprint density at radius 2 is 1.67 bits per heavy atom. The summed E-state index contributed by atoms with van der Waals surface area (Å²) >= 11 is 0. The molecule has 176 valence electrons. The maximum absolute atomic E-state index is 12.5. The molecule has 0 aromatic heterocycles. The molecule has 0 spiro atoms. The Morgan fingerprint density at radius 3 is 2.42 bits per heavy atom. The van der Waals surface area contributed by atoms with Crippen LogP contribution in [0.2, 0.25) is 0 Å². The van der Waals surface area contributed by atoms with Crippen molar-refractivity contribution in [1.82, 2.24) is 10.0 Å². The van der Waals surface area contributed by atoms with Crippen molar-refractivity contribution in [3.05, 3.63) is 48.5 Å². The highest BCUT2D eigenvalue weighted by Gasteiger charge is 2.27. The Hall–Kier alpha value is -3.11. The summed E-state index contributed by atoms with van der Waals surface area (Å²) < 4.78 is 37.9. The maximum atomic E-state index is 12.5. The van der Waals surface area contributed by atoms with Crippen LogP contribution in [0, 0.1) is 11.8 Å². The molecule has 1 aliphatic carbocycles. The summed E-state index contributed by atoms with van der Waals surface area (Å²) in [7, 11) is -3.53. The fraction of sp³-hybridized carbons (Fsp3) is 0.391. The monoisotopic (exact) mass is 473 g/mol. The first-order chi connectivity index (χ1) is 15.9. The first-order valence-electron chi connectivity index (χ1n) is 10.9. The van der Waals surface area contributed by atoms with Crippen molar-refractivity contribution in [2.75, 3.05) is 25.2 Å². The number of rotatable bonds is 8. The number of carbonyl (C=O) groups excluding carboxylic acids is 2. The standard InChI is InChI=1S/C23H27N3O6S/c27-22(26-18-10-11-20-21(12-18)32-15-31-20)14-24-23(28)17-8-6-16(7-9-17)13-25-33(29,30)19-4-2-1-3-5-19/h1-5,10-12,16-17,25H,6-9,13-15H2,(H,24,28)(H,26,27). The Bertz CT molecular complexity index is 1100. The molecule has 4 rings (SSSR count). The normalized spacial score (nSPS) is 19.6. The van der Waals surface area contributed by atoms with Gasteiger partial charge in [-0.05, 0) is 55.9 Å². The number of hydrogen-bond acceptors (Lipinski definition) is 6. The first kappa shape index (κ1) is 23.1. The summed E-state index contributed by atoms with van der Waals surface area (Å²) in [5.41, 5.74) is 0.567. The molecular weight excluding hydrogens is 446 g/mol. The van der Waals surface area contributed by atoms with Crippen LogP contribution in [-0.2, 0) is 19.6 Å². The molecule has 3 N–H and O–H groups in total. The van der Waals surface area contributed by atoms with Gasteiger partial charge in [-0.1, -0.05) is 18.2 Å². The van der Waals surface area contributed by atoms with E-state index < -0.39 is 10.0 Å². The van der Waals surface area contributed by atoms with Crippen LogP contribution in [0.4, 0.5) is 5.69 Å². The summed E-state index contributed by atoms with van der Waals surface area (Å²) in [5.74, 6) is 0.724. The van der Waals surface area contributed by atoms with Crippen LogP contribution < -0.4 is 24.8 Å². The number of hydrogen-bond donors (Lipinski definition) is 3. The van der Waals surface area contributed by atoms with Gasteiger partial charge in [0.05, 0.1) is 11.4 Å². The van der Waals surface area contributed by atoms with E-state index in [0.29, 0.717) is 36.6 Å². The lowest BCUT2D eigenvalue weighted by Crippen LogP contribution is -2.39. The number of fused-ring (bicyclic) bond motifs is 1. The van der Waals surface area contributed by atoms with Crippen LogP contribution in [0.5, 0.6) is 11.5 Å². The molecule has 1 saturated carbocycles. The zero-order valence-electron chi connectivity index (χ0n) is 18.1. The number of benzene rings is 2. The molecule has 1 fully saturated rings. The molecule has 1 heterocycles. The van der Waals surface area contributed by atoms with Crippen LogP contribution in [0.3, 0.4) is 0 Å². The number of amides is 2. The van der Waals surface area contributed by atoms with E-state index in [4.69, 9.17) is 9.47 Å². The van der Waals surface area contributed by atoms with Crippen LogP contribution in [-0.4, -0.2) is 40.1 Å². The van der Waals surface area contributed by atoms with Crippen molar-refractivity contribution in [1.29, 1.82) is 0 Å². The molecular formula is C23H27N3O6S. The lowest BCUT2D eigenvalue weighted by atomic mass is 9.81. The summed E-state index contributed by atoms with van der Waals surface area (Å²) in [6.07, 6.45) is 2.82. The zero-order valence-corrected chi connectivity index (χ0v) is 18.9. The molecule has 10 heteroatoms. The molecule has 0 bridgehead atoms. The summed E-state index contributed by atoms with van der Waals surface area (Å²) in [4.78, 5) is 24.9. The van der Waals surface area contributed by atoms with Crippen LogP contribution >= 0.6 is 0 Å². The Kier molecular flexibility index (Phi) is 7.14. The number of anilines is 1. The van der Waals surface area contributed by atoms with Crippen LogP contribution in [0.15, 0.2) is 53.4 Å². The van der Waals surface area contributed by atoms with Gasteiger partial charge in [0, 0.05) is 24.2 Å². The largest absolute Gasteiger partial charge is 0.454 e. The maximum Gasteiger partial charge on any atom is 0.243 e. The van der Waals surface area contributed by atoms with Gasteiger partial charge in [0.15, 0.2) is 11.5 Å². The Labute approximate surface area is 192 Å². The fourth-order valence-electron chi connectivity index (χ4n) is 4.03. The molecule has 2 amide bonds. The van der Waals surface area contributed by atoms with Gasteiger partial charge in [0.2, 0.25) is 28.6 Å². The molecule has 33 heavy (non-hydrogen) atoms. The Balaban J connectivity index is 1.17. The lowest BCUT2D eigenvalue weighted by Gasteiger charge is -2.27. The van der Waals surface area contributed by atoms with Gasteiger partial charge in [-0.2, -0.15) is 0 Å². The molecule has 0 radical (unpaired) electrons. The highest BCUT2D eigenvalue weighted by molar-refractivity contribution is 7.89. The number of nitrogens with one attached hydrogen (secondary N) is 3. The highest BCUT2D eigenvalue weighted by Crippen LogP contribution is 2.34.